The van der Waals surface area contributed by atoms with E-state index in [2.05, 4.69) is 5.10 Å². The van der Waals surface area contributed by atoms with Crippen molar-refractivity contribution in [3.8, 4) is 0 Å². The molecular formula is C11H19ClN2O2. The number of aromatic nitrogens is 2. The Morgan fingerprint density at radius 2 is 2.19 bits per heavy atom. The first-order valence-corrected chi connectivity index (χ1v) is 5.76. The molecule has 0 aliphatic heterocycles. The molecule has 0 aliphatic carbocycles. The van der Waals surface area contributed by atoms with Gasteiger partial charge in [-0.1, -0.05) is 11.6 Å². The van der Waals surface area contributed by atoms with Crippen molar-refractivity contribution >= 4 is 11.6 Å². The summed E-state index contributed by atoms with van der Waals surface area (Å²) in [5, 5.41) is 14.5. The van der Waals surface area contributed by atoms with Gasteiger partial charge in [0.25, 0.3) is 0 Å². The summed E-state index contributed by atoms with van der Waals surface area (Å²) in [6, 6.07) is 0. The molecule has 1 aromatic rings. The molecule has 0 saturated heterocycles. The number of hydrogen-bond acceptors (Lipinski definition) is 3. The molecule has 1 unspecified atom stereocenters. The van der Waals surface area contributed by atoms with Crippen LogP contribution < -0.4 is 0 Å². The van der Waals surface area contributed by atoms with E-state index in [4.69, 9.17) is 16.3 Å². The first-order chi connectivity index (χ1) is 7.35. The van der Waals surface area contributed by atoms with Gasteiger partial charge in [-0.25, -0.2) is 0 Å². The minimum atomic E-state index is -0.742. The Labute approximate surface area is 101 Å². The maximum atomic E-state index is 10.00. The number of aliphatic hydroxyl groups is 1. The number of rotatable bonds is 4. The highest BCUT2D eigenvalue weighted by Crippen LogP contribution is 2.24. The van der Waals surface area contributed by atoms with Crippen LogP contribution in [0.3, 0.4) is 0 Å². The van der Waals surface area contributed by atoms with Gasteiger partial charge in [0.15, 0.2) is 0 Å². The van der Waals surface area contributed by atoms with Crippen LogP contribution in [0.4, 0.5) is 0 Å². The molecule has 16 heavy (non-hydrogen) atoms. The molecule has 92 valence electrons. The highest BCUT2D eigenvalue weighted by molar-refractivity contribution is 6.31. The van der Waals surface area contributed by atoms with Gasteiger partial charge in [-0.05, 0) is 27.7 Å². The van der Waals surface area contributed by atoms with E-state index in [1.165, 1.54) is 0 Å². The molecule has 0 fully saturated rings. The second-order valence-corrected chi connectivity index (χ2v) is 5.04. The molecule has 0 bridgehead atoms. The molecule has 1 N–H and O–H groups in total. The Hall–Kier alpha value is -0.580. The van der Waals surface area contributed by atoms with Crippen molar-refractivity contribution in [3.05, 3.63) is 16.9 Å². The molecule has 0 radical (unpaired) electrons. The molecular weight excluding hydrogens is 228 g/mol. The van der Waals surface area contributed by atoms with E-state index in [0.717, 1.165) is 0 Å². The topological polar surface area (TPSA) is 47.3 Å². The van der Waals surface area contributed by atoms with Gasteiger partial charge in [0.05, 0.1) is 29.1 Å². The van der Waals surface area contributed by atoms with Gasteiger partial charge in [0, 0.05) is 6.54 Å². The van der Waals surface area contributed by atoms with Gasteiger partial charge in [0.1, 0.15) is 6.10 Å². The van der Waals surface area contributed by atoms with Crippen molar-refractivity contribution in [1.29, 1.82) is 0 Å². The van der Waals surface area contributed by atoms with E-state index in [1.807, 2.05) is 27.7 Å². The van der Waals surface area contributed by atoms with Crippen LogP contribution in [0.15, 0.2) is 6.20 Å². The third kappa shape index (κ3) is 3.47. The smallest absolute Gasteiger partial charge is 0.120 e. The number of ether oxygens (including phenoxy) is 1. The summed E-state index contributed by atoms with van der Waals surface area (Å²) in [6.07, 6.45) is 0.801. The van der Waals surface area contributed by atoms with E-state index in [1.54, 1.807) is 10.9 Å². The first-order valence-electron chi connectivity index (χ1n) is 5.38. The van der Waals surface area contributed by atoms with Crippen molar-refractivity contribution in [2.75, 3.05) is 6.61 Å². The van der Waals surface area contributed by atoms with E-state index < -0.39 is 6.10 Å². The maximum Gasteiger partial charge on any atom is 0.120 e. The van der Waals surface area contributed by atoms with Crippen LogP contribution in [0.1, 0.15) is 39.5 Å². The lowest BCUT2D eigenvalue weighted by Crippen LogP contribution is -2.24. The third-order valence-electron chi connectivity index (χ3n) is 2.12. The van der Waals surface area contributed by atoms with Crippen molar-refractivity contribution in [2.24, 2.45) is 0 Å². The molecule has 1 aromatic heterocycles. The van der Waals surface area contributed by atoms with Crippen LogP contribution in [-0.4, -0.2) is 27.1 Å². The summed E-state index contributed by atoms with van der Waals surface area (Å²) in [7, 11) is 0. The summed E-state index contributed by atoms with van der Waals surface area (Å²) in [6.45, 7) is 8.67. The Balaban J connectivity index is 2.72. The Kier molecular flexibility index (Phi) is 4.35. The highest BCUT2D eigenvalue weighted by Gasteiger charge is 2.20. The zero-order valence-corrected chi connectivity index (χ0v) is 11.0. The zero-order valence-electron chi connectivity index (χ0n) is 10.2. The second kappa shape index (κ2) is 5.17. The first kappa shape index (κ1) is 13.5. The Bertz CT molecular complexity index is 344. The van der Waals surface area contributed by atoms with Crippen molar-refractivity contribution in [1.82, 2.24) is 9.78 Å². The van der Waals surface area contributed by atoms with Crippen molar-refractivity contribution < 1.29 is 9.84 Å². The average molecular weight is 247 g/mol. The lowest BCUT2D eigenvalue weighted by Gasteiger charge is -2.22. The summed E-state index contributed by atoms with van der Waals surface area (Å²) in [5.41, 5.74) is 0.346. The Morgan fingerprint density at radius 1 is 1.56 bits per heavy atom. The van der Waals surface area contributed by atoms with Crippen molar-refractivity contribution in [2.45, 2.75) is 45.9 Å². The van der Waals surface area contributed by atoms with Gasteiger partial charge in [-0.3, -0.25) is 4.68 Å². The minimum absolute atomic E-state index is 0.217. The fourth-order valence-electron chi connectivity index (χ4n) is 1.36. The fraction of sp³-hybridized carbons (Fsp3) is 0.727. The van der Waals surface area contributed by atoms with E-state index >= 15 is 0 Å². The lowest BCUT2D eigenvalue weighted by atomic mass is 10.2. The molecule has 1 heterocycles. The molecule has 1 atom stereocenters. The van der Waals surface area contributed by atoms with Gasteiger partial charge in [0.2, 0.25) is 0 Å². The van der Waals surface area contributed by atoms with Crippen molar-refractivity contribution in [3.63, 3.8) is 0 Å². The van der Waals surface area contributed by atoms with Crippen LogP contribution in [0.2, 0.25) is 5.02 Å². The summed E-state index contributed by atoms with van der Waals surface area (Å²) < 4.78 is 7.20. The van der Waals surface area contributed by atoms with E-state index in [-0.39, 0.29) is 12.2 Å². The van der Waals surface area contributed by atoms with Crippen LogP contribution in [-0.2, 0) is 11.3 Å². The molecule has 0 aromatic carbocycles. The second-order valence-electron chi connectivity index (χ2n) is 4.63. The number of hydrogen-bond donors (Lipinski definition) is 1. The van der Waals surface area contributed by atoms with Gasteiger partial charge in [-0.15, -0.1) is 0 Å². The average Bonchev–Trinajstić information content (AvgIpc) is 2.55. The molecule has 1 rings (SSSR count). The SMILES string of the molecule is CCn1ncc(Cl)c1C(O)COC(C)(C)C. The molecule has 0 saturated carbocycles. The predicted octanol–water partition coefficient (Wildman–Crippen LogP) is 2.40. The number of aliphatic hydroxyl groups excluding tert-OH is 1. The maximum absolute atomic E-state index is 10.00. The molecule has 0 spiro atoms. The Morgan fingerprint density at radius 3 is 2.69 bits per heavy atom. The standard InChI is InChI=1S/C11H19ClN2O2/c1-5-14-10(8(12)6-13-14)9(15)7-16-11(2,3)4/h6,9,15H,5,7H2,1-4H3. The monoisotopic (exact) mass is 246 g/mol. The predicted molar refractivity (Wildman–Crippen MR) is 63.6 cm³/mol. The summed E-state index contributed by atoms with van der Waals surface area (Å²) in [5.74, 6) is 0. The minimum Gasteiger partial charge on any atom is -0.384 e. The third-order valence-corrected chi connectivity index (χ3v) is 2.41. The molecule has 4 nitrogen and oxygen atoms in total. The molecule has 0 aliphatic rings. The van der Waals surface area contributed by atoms with Gasteiger partial charge in [-0.2, -0.15) is 5.10 Å². The van der Waals surface area contributed by atoms with Crippen LogP contribution in [0, 0.1) is 0 Å². The normalized spacial score (nSPS) is 14.1. The number of aryl methyl sites for hydroxylation is 1. The summed E-state index contributed by atoms with van der Waals surface area (Å²) in [4.78, 5) is 0. The largest absolute Gasteiger partial charge is 0.384 e. The zero-order chi connectivity index (χ0) is 12.3. The summed E-state index contributed by atoms with van der Waals surface area (Å²) >= 11 is 5.97. The van der Waals surface area contributed by atoms with Gasteiger partial charge < -0.3 is 9.84 Å². The quantitative estimate of drug-likeness (QED) is 0.888. The van der Waals surface area contributed by atoms with Crippen LogP contribution >= 0.6 is 11.6 Å². The molecule has 0 amide bonds. The number of halogens is 1. The fourth-order valence-corrected chi connectivity index (χ4v) is 1.63. The van der Waals surface area contributed by atoms with Crippen LogP contribution in [0.25, 0.3) is 0 Å². The number of nitrogens with zero attached hydrogens (tertiary/aromatic N) is 2. The highest BCUT2D eigenvalue weighted by atomic mass is 35.5. The van der Waals surface area contributed by atoms with E-state index in [9.17, 15) is 5.11 Å². The van der Waals surface area contributed by atoms with E-state index in [0.29, 0.717) is 17.3 Å². The van der Waals surface area contributed by atoms with Crippen LogP contribution in [0.5, 0.6) is 0 Å². The molecule has 5 heteroatoms. The van der Waals surface area contributed by atoms with Gasteiger partial charge >= 0.3 is 0 Å². The lowest BCUT2D eigenvalue weighted by molar-refractivity contribution is -0.0516.